The van der Waals surface area contributed by atoms with Gasteiger partial charge < -0.3 is 4.74 Å². The van der Waals surface area contributed by atoms with Crippen molar-refractivity contribution in [3.8, 4) is 0 Å². The fraction of sp³-hybridized carbons (Fsp3) is 0.474. The zero-order chi connectivity index (χ0) is 17.5. The Hall–Kier alpha value is -2.17. The molecule has 0 unspecified atom stereocenters. The minimum Gasteiger partial charge on any atom is -0.462 e. The summed E-state index contributed by atoms with van der Waals surface area (Å²) in [6.07, 6.45) is 7.75. The Morgan fingerprint density at radius 1 is 1.17 bits per heavy atom. The molecular formula is C19H24FNO3. The van der Waals surface area contributed by atoms with Crippen LogP contribution in [0.5, 0.6) is 0 Å². The normalized spacial score (nSPS) is 11.0. The first-order valence-electron chi connectivity index (χ1n) is 8.53. The number of nitrogens with zero attached hydrogens (tertiary/aromatic N) is 1. The Kier molecular flexibility index (Phi) is 6.53. The maximum absolute atomic E-state index is 13.5. The molecule has 2 rings (SSSR count). The highest BCUT2D eigenvalue weighted by Crippen LogP contribution is 2.17. The molecule has 2 heterocycles. The minimum atomic E-state index is -0.514. The highest BCUT2D eigenvalue weighted by molar-refractivity contribution is 5.97. The summed E-state index contributed by atoms with van der Waals surface area (Å²) in [7, 11) is 0. The first-order valence-corrected chi connectivity index (χ1v) is 8.53. The third kappa shape index (κ3) is 4.43. The topological polar surface area (TPSA) is 47.8 Å². The molecule has 130 valence electrons. The van der Waals surface area contributed by atoms with Crippen molar-refractivity contribution >= 4 is 11.5 Å². The standard InChI is InChI=1S/C19H24FNO3/c1-3-4-5-6-7-8-11-24-19(23)16-9-10-17(22)21-13-15(20)12-14(2)18(16)21/h9-10,12-13H,3-8,11H2,1-2H3. The fourth-order valence-corrected chi connectivity index (χ4v) is 2.81. The van der Waals surface area contributed by atoms with Crippen molar-refractivity contribution in [3.05, 3.63) is 51.7 Å². The van der Waals surface area contributed by atoms with Gasteiger partial charge in [-0.1, -0.05) is 39.0 Å². The molecule has 0 atom stereocenters. The molecule has 0 aromatic carbocycles. The molecule has 0 aliphatic carbocycles. The number of aryl methyl sites for hydroxylation is 1. The molecule has 2 aromatic heterocycles. The molecule has 0 aliphatic heterocycles. The third-order valence-electron chi connectivity index (χ3n) is 4.06. The van der Waals surface area contributed by atoms with E-state index in [1.54, 1.807) is 6.92 Å². The van der Waals surface area contributed by atoms with Crippen molar-refractivity contribution in [2.45, 2.75) is 52.4 Å². The summed E-state index contributed by atoms with van der Waals surface area (Å²) >= 11 is 0. The van der Waals surface area contributed by atoms with E-state index in [2.05, 4.69) is 6.92 Å². The van der Waals surface area contributed by atoms with E-state index < -0.39 is 11.8 Å². The van der Waals surface area contributed by atoms with Gasteiger partial charge in [0, 0.05) is 12.3 Å². The van der Waals surface area contributed by atoms with Crippen molar-refractivity contribution in [3.63, 3.8) is 0 Å². The summed E-state index contributed by atoms with van der Waals surface area (Å²) in [6, 6.07) is 4.01. The number of unbranched alkanes of at least 4 members (excludes halogenated alkanes) is 5. The van der Waals surface area contributed by atoms with E-state index in [1.807, 2.05) is 0 Å². The van der Waals surface area contributed by atoms with Gasteiger partial charge >= 0.3 is 5.97 Å². The number of carbonyl (C=O) groups is 1. The number of halogens is 1. The van der Waals surface area contributed by atoms with Crippen LogP contribution >= 0.6 is 0 Å². The van der Waals surface area contributed by atoms with Crippen LogP contribution in [-0.4, -0.2) is 17.0 Å². The SMILES string of the molecule is CCCCCCCCOC(=O)c1ccc(=O)n2cc(F)cc(C)c12. The number of esters is 1. The van der Waals surface area contributed by atoms with Crippen molar-refractivity contribution < 1.29 is 13.9 Å². The summed E-state index contributed by atoms with van der Waals surface area (Å²) in [6.45, 7) is 4.20. The van der Waals surface area contributed by atoms with Crippen LogP contribution in [0.3, 0.4) is 0 Å². The fourth-order valence-electron chi connectivity index (χ4n) is 2.81. The smallest absolute Gasteiger partial charge is 0.340 e. The van der Waals surface area contributed by atoms with Crippen LogP contribution in [0, 0.1) is 12.7 Å². The Balaban J connectivity index is 2.05. The molecule has 0 saturated heterocycles. The summed E-state index contributed by atoms with van der Waals surface area (Å²) < 4.78 is 20.0. The van der Waals surface area contributed by atoms with E-state index in [1.165, 1.54) is 37.5 Å². The number of rotatable bonds is 8. The van der Waals surface area contributed by atoms with Crippen LogP contribution in [0.1, 0.15) is 61.4 Å². The van der Waals surface area contributed by atoms with Gasteiger partial charge in [0.25, 0.3) is 5.56 Å². The lowest BCUT2D eigenvalue weighted by atomic mass is 10.1. The lowest BCUT2D eigenvalue weighted by molar-refractivity contribution is 0.0499. The molecule has 0 N–H and O–H groups in total. The number of aromatic nitrogens is 1. The molecule has 0 amide bonds. The van der Waals surface area contributed by atoms with Gasteiger partial charge in [0.15, 0.2) is 0 Å². The number of hydrogen-bond acceptors (Lipinski definition) is 3. The van der Waals surface area contributed by atoms with Crippen LogP contribution in [0.15, 0.2) is 29.2 Å². The van der Waals surface area contributed by atoms with Gasteiger partial charge in [-0.2, -0.15) is 0 Å². The van der Waals surface area contributed by atoms with Crippen LogP contribution in [0.2, 0.25) is 0 Å². The molecule has 0 fully saturated rings. The molecule has 24 heavy (non-hydrogen) atoms. The second-order valence-electron chi connectivity index (χ2n) is 6.05. The number of fused-ring (bicyclic) bond motifs is 1. The van der Waals surface area contributed by atoms with Crippen LogP contribution in [-0.2, 0) is 4.74 Å². The lowest BCUT2D eigenvalue weighted by Gasteiger charge is -2.10. The van der Waals surface area contributed by atoms with Crippen molar-refractivity contribution in [2.75, 3.05) is 6.61 Å². The second kappa shape index (κ2) is 8.62. The second-order valence-corrected chi connectivity index (χ2v) is 6.05. The van der Waals surface area contributed by atoms with E-state index in [4.69, 9.17) is 4.74 Å². The molecular weight excluding hydrogens is 309 g/mol. The Bertz CT molecular complexity index is 767. The number of hydrogen-bond donors (Lipinski definition) is 0. The molecule has 0 bridgehead atoms. The summed E-state index contributed by atoms with van der Waals surface area (Å²) in [4.78, 5) is 24.2. The van der Waals surface area contributed by atoms with E-state index >= 15 is 0 Å². The van der Waals surface area contributed by atoms with E-state index in [9.17, 15) is 14.0 Å². The summed E-state index contributed by atoms with van der Waals surface area (Å²) in [5.74, 6) is -0.990. The molecule has 4 nitrogen and oxygen atoms in total. The maximum atomic E-state index is 13.5. The van der Waals surface area contributed by atoms with Gasteiger partial charge in [-0.25, -0.2) is 9.18 Å². The van der Waals surface area contributed by atoms with E-state index in [-0.39, 0.29) is 11.1 Å². The molecule has 0 saturated carbocycles. The van der Waals surface area contributed by atoms with Crippen molar-refractivity contribution in [1.82, 2.24) is 4.40 Å². The minimum absolute atomic E-state index is 0.290. The summed E-state index contributed by atoms with van der Waals surface area (Å²) in [5.41, 5.74) is 0.842. The number of carbonyl (C=O) groups excluding carboxylic acids is 1. The van der Waals surface area contributed by atoms with Crippen molar-refractivity contribution in [1.29, 1.82) is 0 Å². The predicted octanol–water partition coefficient (Wildman–Crippen LogP) is 4.26. The van der Waals surface area contributed by atoms with Gasteiger partial charge in [-0.05, 0) is 31.0 Å². The number of pyridine rings is 2. The van der Waals surface area contributed by atoms with Gasteiger partial charge in [0.2, 0.25) is 0 Å². The zero-order valence-electron chi connectivity index (χ0n) is 14.3. The van der Waals surface area contributed by atoms with Crippen LogP contribution < -0.4 is 5.56 Å². The third-order valence-corrected chi connectivity index (χ3v) is 4.06. The maximum Gasteiger partial charge on any atom is 0.340 e. The lowest BCUT2D eigenvalue weighted by Crippen LogP contribution is -2.18. The van der Waals surface area contributed by atoms with Crippen LogP contribution in [0.4, 0.5) is 4.39 Å². The molecule has 0 spiro atoms. The zero-order valence-corrected chi connectivity index (χ0v) is 14.3. The highest BCUT2D eigenvalue weighted by atomic mass is 19.1. The average molecular weight is 333 g/mol. The van der Waals surface area contributed by atoms with Gasteiger partial charge in [0.05, 0.1) is 17.7 Å². The largest absolute Gasteiger partial charge is 0.462 e. The monoisotopic (exact) mass is 333 g/mol. The van der Waals surface area contributed by atoms with Gasteiger partial charge in [-0.3, -0.25) is 9.20 Å². The summed E-state index contributed by atoms with van der Waals surface area (Å²) in [5, 5.41) is 0. The first-order chi connectivity index (χ1) is 11.5. The van der Waals surface area contributed by atoms with Crippen molar-refractivity contribution in [2.24, 2.45) is 0 Å². The molecule has 0 radical (unpaired) electrons. The quantitative estimate of drug-likeness (QED) is 0.535. The average Bonchev–Trinajstić information content (AvgIpc) is 2.54. The Labute approximate surface area is 141 Å². The van der Waals surface area contributed by atoms with E-state index in [0.29, 0.717) is 17.7 Å². The molecule has 2 aromatic rings. The van der Waals surface area contributed by atoms with Crippen LogP contribution in [0.25, 0.3) is 5.52 Å². The molecule has 5 heteroatoms. The Morgan fingerprint density at radius 3 is 2.62 bits per heavy atom. The Morgan fingerprint density at radius 2 is 1.88 bits per heavy atom. The molecule has 0 aliphatic rings. The van der Waals surface area contributed by atoms with Gasteiger partial charge in [-0.15, -0.1) is 0 Å². The highest BCUT2D eigenvalue weighted by Gasteiger charge is 2.15. The van der Waals surface area contributed by atoms with E-state index in [0.717, 1.165) is 29.9 Å². The van der Waals surface area contributed by atoms with Gasteiger partial charge in [0.1, 0.15) is 5.82 Å². The predicted molar refractivity (Wildman–Crippen MR) is 92.0 cm³/mol. The first kappa shape index (κ1) is 18.2. The number of ether oxygens (including phenoxy) is 1.